The van der Waals surface area contributed by atoms with Crippen molar-refractivity contribution in [2.45, 2.75) is 71.8 Å². The largest absolute Gasteiger partial charge is 0.396 e. The molecule has 2 nitrogen and oxygen atoms in total. The van der Waals surface area contributed by atoms with E-state index >= 15 is 0 Å². The van der Waals surface area contributed by atoms with Crippen LogP contribution in [0.25, 0.3) is 0 Å². The summed E-state index contributed by atoms with van der Waals surface area (Å²) in [7, 11) is 0. The summed E-state index contributed by atoms with van der Waals surface area (Å²) < 4.78 is 0. The molecule has 1 saturated carbocycles. The highest BCUT2D eigenvalue weighted by molar-refractivity contribution is 5.24. The molecule has 0 bridgehead atoms. The van der Waals surface area contributed by atoms with Gasteiger partial charge in [-0.05, 0) is 71.1 Å². The van der Waals surface area contributed by atoms with E-state index in [1.807, 2.05) is 0 Å². The van der Waals surface area contributed by atoms with Crippen molar-refractivity contribution in [3.8, 4) is 0 Å². The molecule has 0 aliphatic heterocycles. The predicted octanol–water partition coefficient (Wildman–Crippen LogP) is 5.34. The quantitative estimate of drug-likeness (QED) is 0.337. The molecule has 2 rings (SSSR count). The molecule has 0 spiro atoms. The van der Waals surface area contributed by atoms with Crippen LogP contribution in [0.15, 0.2) is 47.1 Å². The minimum Gasteiger partial charge on any atom is -0.396 e. The fraction of sp³-hybridized carbons (Fsp3) is 0.652. The third-order valence-electron chi connectivity index (χ3n) is 5.65. The summed E-state index contributed by atoms with van der Waals surface area (Å²) in [5, 5.41) is 19.3. The van der Waals surface area contributed by atoms with Crippen LogP contribution in [0.3, 0.4) is 0 Å². The molecule has 2 N–H and O–H groups in total. The van der Waals surface area contributed by atoms with Gasteiger partial charge in [0.05, 0.1) is 6.10 Å². The first kappa shape index (κ1) is 20.2. The van der Waals surface area contributed by atoms with Gasteiger partial charge in [-0.2, -0.15) is 0 Å². The van der Waals surface area contributed by atoms with Gasteiger partial charge in [0.1, 0.15) is 0 Å². The second kappa shape index (κ2) is 10.1. The Morgan fingerprint density at radius 3 is 2.68 bits per heavy atom. The van der Waals surface area contributed by atoms with Crippen molar-refractivity contribution in [1.29, 1.82) is 0 Å². The van der Waals surface area contributed by atoms with E-state index in [0.29, 0.717) is 24.4 Å². The molecule has 0 amide bonds. The van der Waals surface area contributed by atoms with Gasteiger partial charge in [0.2, 0.25) is 0 Å². The molecule has 2 aliphatic rings. The second-order valence-corrected chi connectivity index (χ2v) is 8.10. The number of allylic oxidation sites excluding steroid dienone is 7. The Kier molecular flexibility index (Phi) is 8.18. The van der Waals surface area contributed by atoms with E-state index in [1.54, 1.807) is 5.57 Å². The van der Waals surface area contributed by atoms with Crippen molar-refractivity contribution in [1.82, 2.24) is 0 Å². The maximum atomic E-state index is 10.5. The lowest BCUT2D eigenvalue weighted by Crippen LogP contribution is -2.17. The average Bonchev–Trinajstić information content (AvgIpc) is 3.06. The Labute approximate surface area is 154 Å². The Bertz CT molecular complexity index is 534. The van der Waals surface area contributed by atoms with E-state index < -0.39 is 0 Å². The lowest BCUT2D eigenvalue weighted by molar-refractivity contribution is 0.141. The van der Waals surface area contributed by atoms with Gasteiger partial charge in [0, 0.05) is 12.5 Å². The molecule has 0 aromatic carbocycles. The van der Waals surface area contributed by atoms with Crippen LogP contribution in [0.4, 0.5) is 0 Å². The van der Waals surface area contributed by atoms with Crippen LogP contribution in [0, 0.1) is 17.8 Å². The normalized spacial score (nSPS) is 29.2. The zero-order valence-electron chi connectivity index (χ0n) is 16.2. The second-order valence-electron chi connectivity index (χ2n) is 8.10. The van der Waals surface area contributed by atoms with Crippen molar-refractivity contribution >= 4 is 0 Å². The van der Waals surface area contributed by atoms with Crippen LogP contribution in [-0.2, 0) is 0 Å². The van der Waals surface area contributed by atoms with E-state index in [-0.39, 0.29) is 6.10 Å². The first-order chi connectivity index (χ1) is 12.0. The van der Waals surface area contributed by atoms with Gasteiger partial charge >= 0.3 is 0 Å². The standard InChI is InChI=1S/C23H36O2/c1-17(2)8-7-9-18(3)11-12-21-22-15-19(10-5-4-6-13-24)14-20(22)16-23(21)25/h8-9,11-12,14,20-25H,4-7,10,13,15-16H2,1-3H3/t20-,21+,22-,23+/m0/s1. The van der Waals surface area contributed by atoms with Crippen molar-refractivity contribution in [3.63, 3.8) is 0 Å². The summed E-state index contributed by atoms with van der Waals surface area (Å²) in [6, 6.07) is 0. The molecule has 0 heterocycles. The minimum absolute atomic E-state index is 0.191. The van der Waals surface area contributed by atoms with E-state index in [2.05, 4.69) is 51.2 Å². The van der Waals surface area contributed by atoms with E-state index in [4.69, 9.17) is 5.11 Å². The Hall–Kier alpha value is -1.12. The summed E-state index contributed by atoms with van der Waals surface area (Å²) in [6.45, 7) is 6.71. The molecule has 1 fully saturated rings. The highest BCUT2D eigenvalue weighted by Gasteiger charge is 2.43. The van der Waals surface area contributed by atoms with Crippen molar-refractivity contribution in [3.05, 3.63) is 47.1 Å². The Morgan fingerprint density at radius 2 is 1.96 bits per heavy atom. The zero-order chi connectivity index (χ0) is 18.2. The molecule has 4 atom stereocenters. The third kappa shape index (κ3) is 6.27. The molecule has 0 saturated heterocycles. The van der Waals surface area contributed by atoms with Crippen LogP contribution in [0.5, 0.6) is 0 Å². The van der Waals surface area contributed by atoms with Gasteiger partial charge < -0.3 is 10.2 Å². The first-order valence-corrected chi connectivity index (χ1v) is 9.98. The first-order valence-electron chi connectivity index (χ1n) is 9.98. The van der Waals surface area contributed by atoms with Gasteiger partial charge in [-0.15, -0.1) is 0 Å². The molecular weight excluding hydrogens is 308 g/mol. The zero-order valence-corrected chi connectivity index (χ0v) is 16.2. The number of aliphatic hydroxyl groups excluding tert-OH is 2. The minimum atomic E-state index is -0.191. The topological polar surface area (TPSA) is 40.5 Å². The van der Waals surface area contributed by atoms with Crippen molar-refractivity contribution in [2.24, 2.45) is 17.8 Å². The summed E-state index contributed by atoms with van der Waals surface area (Å²) in [6.07, 6.45) is 18.6. The lowest BCUT2D eigenvalue weighted by atomic mass is 9.88. The highest BCUT2D eigenvalue weighted by Crippen LogP contribution is 2.48. The molecule has 0 unspecified atom stereocenters. The molecule has 25 heavy (non-hydrogen) atoms. The van der Waals surface area contributed by atoms with Gasteiger partial charge in [-0.1, -0.05) is 53.5 Å². The molecule has 0 aromatic heterocycles. The van der Waals surface area contributed by atoms with Gasteiger partial charge in [0.15, 0.2) is 0 Å². The Morgan fingerprint density at radius 1 is 1.16 bits per heavy atom. The highest BCUT2D eigenvalue weighted by atomic mass is 16.3. The number of hydrogen-bond acceptors (Lipinski definition) is 2. The van der Waals surface area contributed by atoms with Crippen LogP contribution in [0.2, 0.25) is 0 Å². The predicted molar refractivity (Wildman–Crippen MR) is 106 cm³/mol. The number of aliphatic hydroxyl groups is 2. The third-order valence-corrected chi connectivity index (χ3v) is 5.65. The summed E-state index contributed by atoms with van der Waals surface area (Å²) in [4.78, 5) is 0. The SMILES string of the molecule is CC(C)=CCC=C(C)C=C[C@@H]1[C@H]2CC(CCCCCO)=C[C@H]2C[C@H]1O. The van der Waals surface area contributed by atoms with Crippen LogP contribution < -0.4 is 0 Å². The molecule has 140 valence electrons. The van der Waals surface area contributed by atoms with E-state index in [0.717, 1.165) is 32.1 Å². The number of rotatable bonds is 9. The van der Waals surface area contributed by atoms with Crippen LogP contribution in [0.1, 0.15) is 65.7 Å². The molecular formula is C23H36O2. The summed E-state index contributed by atoms with van der Waals surface area (Å²) >= 11 is 0. The van der Waals surface area contributed by atoms with Gasteiger partial charge in [-0.3, -0.25) is 0 Å². The maximum Gasteiger partial charge on any atom is 0.0611 e. The van der Waals surface area contributed by atoms with E-state index in [1.165, 1.54) is 24.0 Å². The van der Waals surface area contributed by atoms with Crippen molar-refractivity contribution in [2.75, 3.05) is 6.61 Å². The Balaban J connectivity index is 1.87. The van der Waals surface area contributed by atoms with E-state index in [9.17, 15) is 5.11 Å². The van der Waals surface area contributed by atoms with Gasteiger partial charge in [-0.25, -0.2) is 0 Å². The van der Waals surface area contributed by atoms with Gasteiger partial charge in [0.25, 0.3) is 0 Å². The van der Waals surface area contributed by atoms with Crippen LogP contribution in [-0.4, -0.2) is 22.9 Å². The fourth-order valence-corrected chi connectivity index (χ4v) is 4.24. The fourth-order valence-electron chi connectivity index (χ4n) is 4.24. The molecule has 0 aromatic rings. The van der Waals surface area contributed by atoms with Crippen molar-refractivity contribution < 1.29 is 10.2 Å². The lowest BCUT2D eigenvalue weighted by Gasteiger charge is -2.18. The summed E-state index contributed by atoms with van der Waals surface area (Å²) in [5.41, 5.74) is 4.21. The average molecular weight is 345 g/mol. The number of unbranched alkanes of at least 4 members (excludes halogenated alkanes) is 2. The number of hydrogen-bond donors (Lipinski definition) is 2. The summed E-state index contributed by atoms with van der Waals surface area (Å²) in [5.74, 6) is 1.44. The smallest absolute Gasteiger partial charge is 0.0611 e. The van der Waals surface area contributed by atoms with Crippen LogP contribution >= 0.6 is 0 Å². The molecule has 2 aliphatic carbocycles. The molecule has 0 radical (unpaired) electrons. The maximum absolute atomic E-state index is 10.5. The molecule has 2 heteroatoms. The number of fused-ring (bicyclic) bond motifs is 1. The monoisotopic (exact) mass is 344 g/mol.